The fraction of sp³-hybridized carbons (Fsp3) is 1.00. The predicted molar refractivity (Wildman–Crippen MR) is 60.4 cm³/mol. The average molecular weight is 196 g/mol. The largest absolute Gasteiger partial charge is 0.315 e. The molecule has 1 aliphatic heterocycles. The summed E-state index contributed by atoms with van der Waals surface area (Å²) in [7, 11) is 0. The summed E-state index contributed by atoms with van der Waals surface area (Å²) < 4.78 is 0. The molecule has 1 saturated heterocycles. The van der Waals surface area contributed by atoms with Gasteiger partial charge in [-0.2, -0.15) is 0 Å². The van der Waals surface area contributed by atoms with Gasteiger partial charge in [-0.25, -0.2) is 0 Å². The lowest BCUT2D eigenvalue weighted by atomic mass is 9.97. The molecule has 1 heterocycles. The van der Waals surface area contributed by atoms with Crippen molar-refractivity contribution >= 4 is 0 Å². The maximum Gasteiger partial charge on any atom is 0.0147 e. The summed E-state index contributed by atoms with van der Waals surface area (Å²) in [5.41, 5.74) is 0. The molecule has 0 amide bonds. The van der Waals surface area contributed by atoms with Gasteiger partial charge in [0.2, 0.25) is 0 Å². The Morgan fingerprint density at radius 2 is 1.93 bits per heavy atom. The second kappa shape index (κ2) is 4.63. The van der Waals surface area contributed by atoms with Crippen molar-refractivity contribution in [3.05, 3.63) is 0 Å². The molecule has 2 fully saturated rings. The van der Waals surface area contributed by atoms with Gasteiger partial charge in [0, 0.05) is 19.1 Å². The normalized spacial score (nSPS) is 27.6. The van der Waals surface area contributed by atoms with Crippen LogP contribution in [0.15, 0.2) is 0 Å². The first-order valence-electron chi connectivity index (χ1n) is 6.24. The van der Waals surface area contributed by atoms with E-state index in [1.165, 1.54) is 45.4 Å². The summed E-state index contributed by atoms with van der Waals surface area (Å²) >= 11 is 0. The zero-order chi connectivity index (χ0) is 9.97. The molecule has 0 aromatic rings. The summed E-state index contributed by atoms with van der Waals surface area (Å²) in [5.74, 6) is 1.86. The monoisotopic (exact) mass is 196 g/mol. The molecule has 1 saturated carbocycles. The van der Waals surface area contributed by atoms with Crippen molar-refractivity contribution in [2.45, 2.75) is 39.2 Å². The van der Waals surface area contributed by atoms with Crippen LogP contribution in [0.25, 0.3) is 0 Å². The van der Waals surface area contributed by atoms with Crippen molar-refractivity contribution in [2.24, 2.45) is 11.8 Å². The van der Waals surface area contributed by atoms with E-state index in [2.05, 4.69) is 24.1 Å². The van der Waals surface area contributed by atoms with Crippen LogP contribution in [0.4, 0.5) is 0 Å². The highest BCUT2D eigenvalue weighted by Crippen LogP contribution is 2.38. The van der Waals surface area contributed by atoms with E-state index in [1.807, 2.05) is 0 Å². The number of rotatable bonds is 3. The Hall–Kier alpha value is -0.0800. The van der Waals surface area contributed by atoms with E-state index in [-0.39, 0.29) is 0 Å². The molecular formula is C12H24N2. The lowest BCUT2D eigenvalue weighted by Gasteiger charge is -2.33. The number of hydrogen-bond acceptors (Lipinski definition) is 2. The highest BCUT2D eigenvalue weighted by Gasteiger charge is 2.36. The Bertz CT molecular complexity index is 165. The van der Waals surface area contributed by atoms with Gasteiger partial charge in [-0.3, -0.25) is 4.90 Å². The first-order chi connectivity index (χ1) is 6.79. The molecule has 0 aromatic heterocycles. The minimum atomic E-state index is 0.834. The molecule has 1 aliphatic carbocycles. The van der Waals surface area contributed by atoms with Crippen molar-refractivity contribution in [3.63, 3.8) is 0 Å². The maximum absolute atomic E-state index is 3.49. The van der Waals surface area contributed by atoms with E-state index in [9.17, 15) is 0 Å². The standard InChI is InChI=1S/C12H24N2/c1-10(2)12(11-4-5-11)14-8-3-6-13-7-9-14/h10-13H,3-9H2,1-2H3. The zero-order valence-electron chi connectivity index (χ0n) is 9.63. The second-order valence-corrected chi connectivity index (χ2v) is 5.21. The van der Waals surface area contributed by atoms with Gasteiger partial charge in [-0.15, -0.1) is 0 Å². The Labute approximate surface area is 88.1 Å². The summed E-state index contributed by atoms with van der Waals surface area (Å²) in [4.78, 5) is 2.74. The van der Waals surface area contributed by atoms with Crippen LogP contribution in [-0.4, -0.2) is 37.1 Å². The van der Waals surface area contributed by atoms with Gasteiger partial charge in [0.25, 0.3) is 0 Å². The van der Waals surface area contributed by atoms with Gasteiger partial charge >= 0.3 is 0 Å². The lowest BCUT2D eigenvalue weighted by Crippen LogP contribution is -2.42. The van der Waals surface area contributed by atoms with Crippen LogP contribution in [0.2, 0.25) is 0 Å². The average Bonchev–Trinajstić information content (AvgIpc) is 2.91. The third-order valence-corrected chi connectivity index (χ3v) is 3.58. The summed E-state index contributed by atoms with van der Waals surface area (Å²) in [5, 5.41) is 3.49. The molecular weight excluding hydrogens is 172 g/mol. The molecule has 0 radical (unpaired) electrons. The molecule has 2 nitrogen and oxygen atoms in total. The number of nitrogens with one attached hydrogen (secondary N) is 1. The van der Waals surface area contributed by atoms with E-state index < -0.39 is 0 Å². The molecule has 14 heavy (non-hydrogen) atoms. The van der Waals surface area contributed by atoms with Crippen LogP contribution in [0, 0.1) is 11.8 Å². The van der Waals surface area contributed by atoms with Crippen molar-refractivity contribution in [2.75, 3.05) is 26.2 Å². The molecule has 1 N–H and O–H groups in total. The lowest BCUT2D eigenvalue weighted by molar-refractivity contribution is 0.144. The number of nitrogens with zero attached hydrogens (tertiary/aromatic N) is 1. The third kappa shape index (κ3) is 2.48. The Balaban J connectivity index is 1.93. The molecule has 2 heteroatoms. The van der Waals surface area contributed by atoms with Gasteiger partial charge in [-0.05, 0) is 44.2 Å². The van der Waals surface area contributed by atoms with Gasteiger partial charge < -0.3 is 5.32 Å². The fourth-order valence-corrected chi connectivity index (χ4v) is 2.87. The van der Waals surface area contributed by atoms with Crippen LogP contribution in [-0.2, 0) is 0 Å². The topological polar surface area (TPSA) is 15.3 Å². The van der Waals surface area contributed by atoms with Crippen LogP contribution < -0.4 is 5.32 Å². The van der Waals surface area contributed by atoms with Crippen molar-refractivity contribution in [3.8, 4) is 0 Å². The molecule has 0 bridgehead atoms. The van der Waals surface area contributed by atoms with Gasteiger partial charge in [0.05, 0.1) is 0 Å². The Kier molecular flexibility index (Phi) is 3.45. The van der Waals surface area contributed by atoms with Crippen LogP contribution in [0.3, 0.4) is 0 Å². The van der Waals surface area contributed by atoms with Gasteiger partial charge in [-0.1, -0.05) is 13.8 Å². The first kappa shape index (κ1) is 10.4. The molecule has 2 rings (SSSR count). The van der Waals surface area contributed by atoms with Crippen molar-refractivity contribution in [1.29, 1.82) is 0 Å². The van der Waals surface area contributed by atoms with Gasteiger partial charge in [0.1, 0.15) is 0 Å². The highest BCUT2D eigenvalue weighted by atomic mass is 15.2. The third-order valence-electron chi connectivity index (χ3n) is 3.58. The fourth-order valence-electron chi connectivity index (χ4n) is 2.87. The zero-order valence-corrected chi connectivity index (χ0v) is 9.63. The van der Waals surface area contributed by atoms with Crippen LogP contribution >= 0.6 is 0 Å². The van der Waals surface area contributed by atoms with E-state index in [4.69, 9.17) is 0 Å². The Morgan fingerprint density at radius 3 is 2.57 bits per heavy atom. The molecule has 82 valence electrons. The summed E-state index contributed by atoms with van der Waals surface area (Å²) in [6, 6.07) is 0.870. The molecule has 2 aliphatic rings. The van der Waals surface area contributed by atoms with Gasteiger partial charge in [0.15, 0.2) is 0 Å². The maximum atomic E-state index is 3.49. The van der Waals surface area contributed by atoms with E-state index >= 15 is 0 Å². The van der Waals surface area contributed by atoms with Crippen LogP contribution in [0.5, 0.6) is 0 Å². The second-order valence-electron chi connectivity index (χ2n) is 5.21. The SMILES string of the molecule is CC(C)C(C1CC1)N1CCCNCC1. The molecule has 0 aromatic carbocycles. The smallest absolute Gasteiger partial charge is 0.0147 e. The molecule has 1 atom stereocenters. The first-order valence-corrected chi connectivity index (χ1v) is 6.24. The van der Waals surface area contributed by atoms with E-state index in [0.717, 1.165) is 17.9 Å². The molecule has 0 spiro atoms. The van der Waals surface area contributed by atoms with Crippen LogP contribution in [0.1, 0.15) is 33.1 Å². The molecule has 1 unspecified atom stereocenters. The Morgan fingerprint density at radius 1 is 1.14 bits per heavy atom. The highest BCUT2D eigenvalue weighted by molar-refractivity contribution is 4.90. The minimum absolute atomic E-state index is 0.834. The van der Waals surface area contributed by atoms with Crippen molar-refractivity contribution < 1.29 is 0 Å². The minimum Gasteiger partial charge on any atom is -0.315 e. The number of hydrogen-bond donors (Lipinski definition) is 1. The van der Waals surface area contributed by atoms with E-state index in [1.54, 1.807) is 0 Å². The predicted octanol–water partition coefficient (Wildman–Crippen LogP) is 1.72. The van der Waals surface area contributed by atoms with E-state index in [0.29, 0.717) is 0 Å². The van der Waals surface area contributed by atoms with Crippen molar-refractivity contribution in [1.82, 2.24) is 10.2 Å². The summed E-state index contributed by atoms with van der Waals surface area (Å²) in [6.45, 7) is 9.76. The summed E-state index contributed by atoms with van der Waals surface area (Å²) in [6.07, 6.45) is 4.29. The quantitative estimate of drug-likeness (QED) is 0.739.